The third-order valence-electron chi connectivity index (χ3n) is 9.63. The SMILES string of the molecule is CC1C(C)C1CCC12CCC1C(C)(C)C1C(C2C)C1(C)C. The van der Waals surface area contributed by atoms with E-state index in [9.17, 15) is 0 Å². The maximum atomic E-state index is 2.63. The summed E-state index contributed by atoms with van der Waals surface area (Å²) < 4.78 is 0. The van der Waals surface area contributed by atoms with E-state index in [-0.39, 0.29) is 0 Å². The largest absolute Gasteiger partial charge is 0.0620 e. The van der Waals surface area contributed by atoms with E-state index in [4.69, 9.17) is 0 Å². The summed E-state index contributed by atoms with van der Waals surface area (Å²) in [7, 11) is 0. The molecule has 0 aliphatic heterocycles. The Labute approximate surface area is 132 Å². The topological polar surface area (TPSA) is 0 Å². The molecule has 4 rings (SSSR count). The molecule has 0 aromatic heterocycles. The van der Waals surface area contributed by atoms with Gasteiger partial charge in [-0.05, 0) is 83.4 Å². The van der Waals surface area contributed by atoms with Crippen molar-refractivity contribution in [2.75, 3.05) is 0 Å². The van der Waals surface area contributed by atoms with Gasteiger partial charge in [0.15, 0.2) is 0 Å². The van der Waals surface area contributed by atoms with E-state index in [1.807, 2.05) is 0 Å². The molecule has 21 heavy (non-hydrogen) atoms. The molecular weight excluding hydrogens is 252 g/mol. The van der Waals surface area contributed by atoms with Gasteiger partial charge in [-0.2, -0.15) is 0 Å². The van der Waals surface area contributed by atoms with Gasteiger partial charge in [-0.15, -0.1) is 0 Å². The molecule has 0 aromatic carbocycles. The summed E-state index contributed by atoms with van der Waals surface area (Å²) in [5.74, 6) is 7.09. The van der Waals surface area contributed by atoms with E-state index in [0.29, 0.717) is 10.8 Å². The standard InChI is InChI=1S/C21H36/c1-12-13(2)15(12)8-10-21-11-9-16(21)19(4,5)18-17(14(21)3)20(18,6)7/h12-18H,8-11H2,1-7H3. The van der Waals surface area contributed by atoms with Crippen LogP contribution >= 0.6 is 0 Å². The van der Waals surface area contributed by atoms with Crippen LogP contribution in [-0.2, 0) is 0 Å². The van der Waals surface area contributed by atoms with Gasteiger partial charge in [0.25, 0.3) is 0 Å². The van der Waals surface area contributed by atoms with Crippen LogP contribution in [0.4, 0.5) is 0 Å². The second-order valence-corrected chi connectivity index (χ2v) is 10.7. The lowest BCUT2D eigenvalue weighted by atomic mass is 9.41. The average Bonchev–Trinajstić information content (AvgIpc) is 3.12. The van der Waals surface area contributed by atoms with Crippen molar-refractivity contribution in [3.05, 3.63) is 0 Å². The fraction of sp³-hybridized carbons (Fsp3) is 1.00. The smallest absolute Gasteiger partial charge is 0.0235 e. The zero-order valence-electron chi connectivity index (χ0n) is 15.4. The Morgan fingerprint density at radius 2 is 1.52 bits per heavy atom. The van der Waals surface area contributed by atoms with Gasteiger partial charge >= 0.3 is 0 Å². The number of hydrogen-bond donors (Lipinski definition) is 0. The maximum absolute atomic E-state index is 2.63. The minimum absolute atomic E-state index is 0.597. The lowest BCUT2D eigenvalue weighted by Gasteiger charge is -2.63. The van der Waals surface area contributed by atoms with Crippen LogP contribution < -0.4 is 0 Å². The van der Waals surface area contributed by atoms with Gasteiger partial charge in [-0.25, -0.2) is 0 Å². The normalized spacial score (nSPS) is 58.7. The second-order valence-electron chi connectivity index (χ2n) is 10.7. The molecule has 0 nitrogen and oxygen atoms in total. The van der Waals surface area contributed by atoms with Crippen LogP contribution in [0.2, 0.25) is 0 Å². The van der Waals surface area contributed by atoms with Crippen molar-refractivity contribution in [3.8, 4) is 0 Å². The Balaban J connectivity index is 1.57. The molecule has 0 bridgehead atoms. The Hall–Kier alpha value is 0. The van der Waals surface area contributed by atoms with E-state index < -0.39 is 0 Å². The van der Waals surface area contributed by atoms with E-state index >= 15 is 0 Å². The summed E-state index contributed by atoms with van der Waals surface area (Å²) in [6.07, 6.45) is 6.13. The molecule has 0 spiro atoms. The number of rotatable bonds is 3. The molecule has 0 radical (unpaired) electrons. The van der Waals surface area contributed by atoms with E-state index in [1.165, 1.54) is 19.3 Å². The van der Waals surface area contributed by atoms with Crippen LogP contribution in [0, 0.1) is 57.7 Å². The number of hydrogen-bond acceptors (Lipinski definition) is 0. The quantitative estimate of drug-likeness (QED) is 0.596. The third kappa shape index (κ3) is 1.58. The van der Waals surface area contributed by atoms with Crippen molar-refractivity contribution in [1.29, 1.82) is 0 Å². The first-order chi connectivity index (χ1) is 9.65. The van der Waals surface area contributed by atoms with Crippen LogP contribution in [0.15, 0.2) is 0 Å². The fourth-order valence-electron chi connectivity index (χ4n) is 8.18. The van der Waals surface area contributed by atoms with Crippen molar-refractivity contribution in [1.82, 2.24) is 0 Å². The molecule has 7 atom stereocenters. The number of fused-ring (bicyclic) bond motifs is 2. The summed E-state index contributed by atoms with van der Waals surface area (Å²) in [6.45, 7) is 17.9. The molecule has 4 fully saturated rings. The van der Waals surface area contributed by atoms with Crippen LogP contribution in [-0.4, -0.2) is 0 Å². The van der Waals surface area contributed by atoms with Gasteiger partial charge in [0.05, 0.1) is 0 Å². The van der Waals surface area contributed by atoms with Gasteiger partial charge in [0.1, 0.15) is 0 Å². The van der Waals surface area contributed by atoms with Crippen LogP contribution in [0.5, 0.6) is 0 Å². The lowest BCUT2D eigenvalue weighted by molar-refractivity contribution is -0.145. The Bertz CT molecular complexity index is 451. The average molecular weight is 289 g/mol. The first-order valence-corrected chi connectivity index (χ1v) is 9.65. The van der Waals surface area contributed by atoms with Crippen molar-refractivity contribution < 1.29 is 0 Å². The second kappa shape index (κ2) is 3.90. The Morgan fingerprint density at radius 1 is 0.905 bits per heavy atom. The molecule has 7 unspecified atom stereocenters. The summed E-state index contributed by atoms with van der Waals surface area (Å²) in [4.78, 5) is 0. The van der Waals surface area contributed by atoms with Gasteiger partial charge in [0, 0.05) is 0 Å². The minimum Gasteiger partial charge on any atom is -0.0620 e. The molecule has 4 saturated carbocycles. The summed E-state index contributed by atoms with van der Waals surface area (Å²) >= 11 is 0. The van der Waals surface area contributed by atoms with Crippen LogP contribution in [0.3, 0.4) is 0 Å². The van der Waals surface area contributed by atoms with Gasteiger partial charge in [-0.3, -0.25) is 0 Å². The van der Waals surface area contributed by atoms with Crippen LogP contribution in [0.25, 0.3) is 0 Å². The maximum Gasteiger partial charge on any atom is -0.0235 e. The highest BCUT2D eigenvalue weighted by Gasteiger charge is 2.76. The van der Waals surface area contributed by atoms with Crippen LogP contribution in [0.1, 0.15) is 74.1 Å². The van der Waals surface area contributed by atoms with E-state index in [1.54, 1.807) is 6.42 Å². The molecule has 120 valence electrons. The van der Waals surface area contributed by atoms with Gasteiger partial charge in [0.2, 0.25) is 0 Å². The first-order valence-electron chi connectivity index (χ1n) is 9.65. The zero-order valence-corrected chi connectivity index (χ0v) is 15.4. The van der Waals surface area contributed by atoms with Crippen molar-refractivity contribution in [2.24, 2.45) is 57.7 Å². The zero-order chi connectivity index (χ0) is 15.4. The molecule has 0 saturated heterocycles. The van der Waals surface area contributed by atoms with E-state index in [2.05, 4.69) is 48.5 Å². The first kappa shape index (κ1) is 14.6. The molecule has 0 N–H and O–H groups in total. The predicted molar refractivity (Wildman–Crippen MR) is 89.9 cm³/mol. The Kier molecular flexibility index (Phi) is 2.71. The van der Waals surface area contributed by atoms with Crippen molar-refractivity contribution in [3.63, 3.8) is 0 Å². The third-order valence-corrected chi connectivity index (χ3v) is 9.63. The summed E-state index contributed by atoms with van der Waals surface area (Å²) in [6, 6.07) is 0. The molecule has 4 aliphatic rings. The van der Waals surface area contributed by atoms with Crippen molar-refractivity contribution in [2.45, 2.75) is 74.1 Å². The summed E-state index contributed by atoms with van der Waals surface area (Å²) in [5.41, 5.74) is 1.94. The molecule has 0 heteroatoms. The highest BCUT2D eigenvalue weighted by molar-refractivity contribution is 5.24. The highest BCUT2D eigenvalue weighted by atomic mass is 14.8. The molecule has 0 amide bonds. The van der Waals surface area contributed by atoms with E-state index in [0.717, 1.165) is 46.8 Å². The highest BCUT2D eigenvalue weighted by Crippen LogP contribution is 2.82. The Morgan fingerprint density at radius 3 is 2.00 bits per heavy atom. The molecule has 0 heterocycles. The van der Waals surface area contributed by atoms with Gasteiger partial charge < -0.3 is 0 Å². The molecule has 0 aromatic rings. The lowest BCUT2D eigenvalue weighted by Crippen LogP contribution is -2.56. The van der Waals surface area contributed by atoms with Gasteiger partial charge in [-0.1, -0.05) is 48.5 Å². The minimum atomic E-state index is 0.597. The van der Waals surface area contributed by atoms with Crippen molar-refractivity contribution >= 4 is 0 Å². The monoisotopic (exact) mass is 288 g/mol. The molecular formula is C21H36. The molecule has 4 aliphatic carbocycles. The predicted octanol–water partition coefficient (Wildman–Crippen LogP) is 6.01. The fourth-order valence-corrected chi connectivity index (χ4v) is 8.18. The summed E-state index contributed by atoms with van der Waals surface area (Å²) in [5, 5.41) is 0.